The summed E-state index contributed by atoms with van der Waals surface area (Å²) in [6.07, 6.45) is 1.94. The van der Waals surface area contributed by atoms with Crippen molar-refractivity contribution in [3.63, 3.8) is 0 Å². The second kappa shape index (κ2) is 5.13. The summed E-state index contributed by atoms with van der Waals surface area (Å²) in [7, 11) is 1.49. The fraction of sp³-hybridized carbons (Fsp3) is 0.462. The Hall–Kier alpha value is -1.07. The molecule has 0 spiro atoms. The molecule has 1 saturated carbocycles. The molecule has 0 bridgehead atoms. The highest BCUT2D eigenvalue weighted by Crippen LogP contribution is 2.27. The Labute approximate surface area is 117 Å². The first-order valence-corrected chi connectivity index (χ1v) is 8.44. The lowest BCUT2D eigenvalue weighted by atomic mass is 9.82. The molecule has 1 aromatic rings. The third-order valence-electron chi connectivity index (χ3n) is 3.30. The molecular formula is C13H16ClNO3S. The quantitative estimate of drug-likeness (QED) is 0.872. The zero-order valence-corrected chi connectivity index (χ0v) is 12.4. The van der Waals surface area contributed by atoms with Crippen molar-refractivity contribution in [2.24, 2.45) is 5.92 Å². The number of aryl methyl sites for hydroxylation is 1. The number of carbonyl (C=O) groups excluding carboxylic acids is 1. The first-order valence-electron chi connectivity index (χ1n) is 6.13. The van der Waals surface area contributed by atoms with Crippen LogP contribution >= 0.6 is 10.7 Å². The number of hydrogen-bond donors (Lipinski definition) is 1. The smallest absolute Gasteiger partial charge is 0.261 e. The van der Waals surface area contributed by atoms with Crippen LogP contribution in [0, 0.1) is 12.8 Å². The molecule has 1 N–H and O–H groups in total. The third-order valence-corrected chi connectivity index (χ3v) is 4.64. The molecule has 0 saturated heterocycles. The molecule has 0 aromatic heterocycles. The Bertz CT molecular complexity index is 606. The van der Waals surface area contributed by atoms with Crippen LogP contribution in [0.3, 0.4) is 0 Å². The van der Waals surface area contributed by atoms with Crippen molar-refractivity contribution in [2.45, 2.75) is 37.6 Å². The molecule has 2 rings (SSSR count). The number of nitrogens with one attached hydrogen (secondary N) is 1. The van der Waals surface area contributed by atoms with E-state index in [4.69, 9.17) is 10.7 Å². The van der Waals surface area contributed by atoms with Crippen LogP contribution in [0.25, 0.3) is 0 Å². The van der Waals surface area contributed by atoms with Crippen molar-refractivity contribution in [3.05, 3.63) is 29.3 Å². The van der Waals surface area contributed by atoms with E-state index in [9.17, 15) is 13.2 Å². The lowest BCUT2D eigenvalue weighted by Crippen LogP contribution is -2.43. The van der Waals surface area contributed by atoms with Gasteiger partial charge in [-0.05, 0) is 49.4 Å². The summed E-state index contributed by atoms with van der Waals surface area (Å²) in [4.78, 5) is 12.0. The van der Waals surface area contributed by atoms with Gasteiger partial charge in [0, 0.05) is 22.3 Å². The zero-order valence-electron chi connectivity index (χ0n) is 10.8. The lowest BCUT2D eigenvalue weighted by Gasteiger charge is -2.33. The second-order valence-corrected chi connectivity index (χ2v) is 7.79. The minimum absolute atomic E-state index is 0.0405. The van der Waals surface area contributed by atoms with Crippen molar-refractivity contribution < 1.29 is 13.2 Å². The van der Waals surface area contributed by atoms with Crippen LogP contribution in [-0.2, 0) is 9.05 Å². The van der Waals surface area contributed by atoms with Gasteiger partial charge in [-0.1, -0.05) is 6.92 Å². The molecule has 1 aliphatic carbocycles. The van der Waals surface area contributed by atoms with Gasteiger partial charge in [-0.3, -0.25) is 4.79 Å². The summed E-state index contributed by atoms with van der Waals surface area (Å²) in [5, 5.41) is 2.89. The van der Waals surface area contributed by atoms with E-state index in [2.05, 4.69) is 12.2 Å². The van der Waals surface area contributed by atoms with Gasteiger partial charge in [0.25, 0.3) is 15.0 Å². The van der Waals surface area contributed by atoms with Crippen LogP contribution in [0.2, 0.25) is 0 Å². The summed E-state index contributed by atoms with van der Waals surface area (Å²) in [6.45, 7) is 3.86. The monoisotopic (exact) mass is 301 g/mol. The molecule has 104 valence electrons. The minimum Gasteiger partial charge on any atom is -0.349 e. The first-order chi connectivity index (χ1) is 8.75. The van der Waals surface area contributed by atoms with Crippen LogP contribution in [0.4, 0.5) is 0 Å². The Balaban J connectivity index is 2.20. The molecule has 1 amide bonds. The highest BCUT2D eigenvalue weighted by atomic mass is 35.7. The van der Waals surface area contributed by atoms with Gasteiger partial charge in [0.05, 0.1) is 4.90 Å². The van der Waals surface area contributed by atoms with E-state index in [0.717, 1.165) is 12.8 Å². The van der Waals surface area contributed by atoms with Crippen LogP contribution in [0.5, 0.6) is 0 Å². The highest BCUT2D eigenvalue weighted by molar-refractivity contribution is 8.13. The number of hydrogen-bond acceptors (Lipinski definition) is 3. The number of amides is 1. The fourth-order valence-corrected chi connectivity index (χ4v) is 3.17. The van der Waals surface area contributed by atoms with Crippen molar-refractivity contribution in [1.29, 1.82) is 0 Å². The molecule has 0 heterocycles. The van der Waals surface area contributed by atoms with Crippen LogP contribution in [-0.4, -0.2) is 20.4 Å². The maximum absolute atomic E-state index is 12.0. The van der Waals surface area contributed by atoms with Gasteiger partial charge in [0.2, 0.25) is 0 Å². The molecule has 1 fully saturated rings. The third kappa shape index (κ3) is 3.48. The number of halogens is 1. The van der Waals surface area contributed by atoms with Gasteiger partial charge in [-0.25, -0.2) is 8.42 Å². The van der Waals surface area contributed by atoms with Crippen molar-refractivity contribution in [2.75, 3.05) is 0 Å². The van der Waals surface area contributed by atoms with Crippen molar-refractivity contribution in [3.8, 4) is 0 Å². The minimum atomic E-state index is -3.82. The van der Waals surface area contributed by atoms with Gasteiger partial charge in [-0.2, -0.15) is 0 Å². The SMILES string of the molecule is Cc1cc(C(=O)NC2CC(C)C2)cc(S(=O)(=O)Cl)c1. The normalized spacial score (nSPS) is 22.7. The predicted molar refractivity (Wildman–Crippen MR) is 73.9 cm³/mol. The number of rotatable bonds is 3. The lowest BCUT2D eigenvalue weighted by molar-refractivity contribution is 0.0895. The molecular weight excluding hydrogens is 286 g/mol. The summed E-state index contributed by atoms with van der Waals surface area (Å²) >= 11 is 0. The first kappa shape index (κ1) is 14.3. The molecule has 1 aliphatic rings. The summed E-state index contributed by atoms with van der Waals surface area (Å²) in [5.74, 6) is 0.392. The Morgan fingerprint density at radius 1 is 1.32 bits per heavy atom. The van der Waals surface area contributed by atoms with E-state index >= 15 is 0 Å². The van der Waals surface area contributed by atoms with E-state index in [1.807, 2.05) is 0 Å². The molecule has 0 radical (unpaired) electrons. The van der Waals surface area contributed by atoms with Gasteiger partial charge in [0.1, 0.15) is 0 Å². The average molecular weight is 302 g/mol. The highest BCUT2D eigenvalue weighted by Gasteiger charge is 2.27. The topological polar surface area (TPSA) is 63.2 Å². The van der Waals surface area contributed by atoms with E-state index in [1.54, 1.807) is 13.0 Å². The molecule has 19 heavy (non-hydrogen) atoms. The fourth-order valence-electron chi connectivity index (χ4n) is 2.31. The summed E-state index contributed by atoms with van der Waals surface area (Å²) in [6, 6.07) is 4.61. The molecule has 1 aromatic carbocycles. The maximum Gasteiger partial charge on any atom is 0.261 e. The van der Waals surface area contributed by atoms with Gasteiger partial charge < -0.3 is 5.32 Å². The largest absolute Gasteiger partial charge is 0.349 e. The average Bonchev–Trinajstić information content (AvgIpc) is 2.24. The zero-order chi connectivity index (χ0) is 14.2. The van der Waals surface area contributed by atoms with Gasteiger partial charge >= 0.3 is 0 Å². The van der Waals surface area contributed by atoms with E-state index in [0.29, 0.717) is 17.0 Å². The van der Waals surface area contributed by atoms with E-state index in [-0.39, 0.29) is 16.8 Å². The second-order valence-electron chi connectivity index (χ2n) is 5.22. The van der Waals surface area contributed by atoms with Gasteiger partial charge in [-0.15, -0.1) is 0 Å². The Morgan fingerprint density at radius 2 is 1.95 bits per heavy atom. The van der Waals surface area contributed by atoms with Gasteiger partial charge in [0.15, 0.2) is 0 Å². The maximum atomic E-state index is 12.0. The van der Waals surface area contributed by atoms with Crippen molar-refractivity contribution >= 4 is 25.6 Å². The van der Waals surface area contributed by atoms with Crippen molar-refractivity contribution in [1.82, 2.24) is 5.32 Å². The number of benzene rings is 1. The Kier molecular flexibility index (Phi) is 3.87. The van der Waals surface area contributed by atoms with Crippen LogP contribution in [0.15, 0.2) is 23.1 Å². The predicted octanol–water partition coefficient (Wildman–Crippen LogP) is 2.45. The molecule has 0 aliphatic heterocycles. The summed E-state index contributed by atoms with van der Waals surface area (Å²) in [5.41, 5.74) is 1.02. The van der Waals surface area contributed by atoms with E-state index < -0.39 is 9.05 Å². The molecule has 0 atom stereocenters. The van der Waals surface area contributed by atoms with Crippen LogP contribution in [0.1, 0.15) is 35.7 Å². The van der Waals surface area contributed by atoms with Crippen LogP contribution < -0.4 is 5.32 Å². The molecule has 6 heteroatoms. The number of carbonyl (C=O) groups is 1. The summed E-state index contributed by atoms with van der Waals surface area (Å²) < 4.78 is 22.7. The molecule has 0 unspecified atom stereocenters. The Morgan fingerprint density at radius 3 is 2.47 bits per heavy atom. The molecule has 4 nitrogen and oxygen atoms in total. The standard InChI is InChI=1S/C13H16ClNO3S/c1-8-3-10(7-12(6-8)19(14,17)18)13(16)15-11-4-9(2)5-11/h3,6-7,9,11H,4-5H2,1-2H3,(H,15,16). The van der Waals surface area contributed by atoms with E-state index in [1.165, 1.54) is 12.1 Å².